The Bertz CT molecular complexity index is 461. The highest BCUT2D eigenvalue weighted by molar-refractivity contribution is 7.90. The predicted molar refractivity (Wildman–Crippen MR) is 67.8 cm³/mol. The fourth-order valence-corrected chi connectivity index (χ4v) is 2.21. The van der Waals surface area contributed by atoms with Crippen LogP contribution in [0.2, 0.25) is 0 Å². The van der Waals surface area contributed by atoms with Gasteiger partial charge < -0.3 is 5.73 Å². The Morgan fingerprint density at radius 2 is 2.18 bits per heavy atom. The van der Waals surface area contributed by atoms with Crippen molar-refractivity contribution in [2.75, 3.05) is 24.9 Å². The molecule has 1 rings (SSSR count). The third-order valence-electron chi connectivity index (χ3n) is 2.21. The predicted octanol–water partition coefficient (Wildman–Crippen LogP) is 0.327. The summed E-state index contributed by atoms with van der Waals surface area (Å²) in [6, 6.07) is 1.72. The molecule has 0 saturated carbocycles. The van der Waals surface area contributed by atoms with E-state index in [1.165, 1.54) is 17.5 Å². The Morgan fingerprint density at radius 1 is 1.47 bits per heavy atom. The third-order valence-corrected chi connectivity index (χ3v) is 3.71. The van der Waals surface area contributed by atoms with Crippen molar-refractivity contribution in [2.45, 2.75) is 13.3 Å². The van der Waals surface area contributed by atoms with Crippen LogP contribution in [0.25, 0.3) is 0 Å². The van der Waals surface area contributed by atoms with Crippen molar-refractivity contribution in [3.8, 4) is 0 Å². The van der Waals surface area contributed by atoms with Crippen LogP contribution < -0.4 is 10.5 Å². The van der Waals surface area contributed by atoms with E-state index in [4.69, 9.17) is 5.73 Å². The molecule has 0 saturated heterocycles. The normalized spacial score (nSPS) is 11.8. The number of aryl methyl sites for hydroxylation is 1. The van der Waals surface area contributed by atoms with E-state index < -0.39 is 10.2 Å². The number of aromatic nitrogens is 1. The molecule has 1 heterocycles. The van der Waals surface area contributed by atoms with E-state index in [9.17, 15) is 8.42 Å². The van der Waals surface area contributed by atoms with Gasteiger partial charge in [-0.25, -0.2) is 0 Å². The maximum atomic E-state index is 11.9. The molecule has 0 aliphatic heterocycles. The summed E-state index contributed by atoms with van der Waals surface area (Å²) in [7, 11) is -2.00. The van der Waals surface area contributed by atoms with Gasteiger partial charge in [0.05, 0.1) is 11.9 Å². The summed E-state index contributed by atoms with van der Waals surface area (Å²) in [5.74, 6) is 0. The minimum Gasteiger partial charge on any atom is -0.330 e. The van der Waals surface area contributed by atoms with Crippen molar-refractivity contribution in [3.63, 3.8) is 0 Å². The first-order valence-corrected chi connectivity index (χ1v) is 6.75. The molecule has 0 aliphatic carbocycles. The minimum absolute atomic E-state index is 0.394. The Hall–Kier alpha value is -1.18. The van der Waals surface area contributed by atoms with Gasteiger partial charge in [0.1, 0.15) is 0 Å². The van der Waals surface area contributed by atoms with E-state index in [2.05, 4.69) is 9.71 Å². The lowest BCUT2D eigenvalue weighted by molar-refractivity contribution is 0.468. The minimum atomic E-state index is -3.51. The summed E-state index contributed by atoms with van der Waals surface area (Å²) < 4.78 is 27.4. The number of nitrogens with two attached hydrogens (primary N) is 1. The second-order valence-corrected chi connectivity index (χ2v) is 5.60. The van der Waals surface area contributed by atoms with Gasteiger partial charge in [0, 0.05) is 19.8 Å². The highest BCUT2D eigenvalue weighted by Crippen LogP contribution is 2.11. The van der Waals surface area contributed by atoms with Gasteiger partial charge >= 0.3 is 10.2 Å². The summed E-state index contributed by atoms with van der Waals surface area (Å²) in [5.41, 5.74) is 6.70. The average Bonchev–Trinajstić information content (AvgIpc) is 2.25. The van der Waals surface area contributed by atoms with Crippen LogP contribution in [0, 0.1) is 6.92 Å². The molecular formula is C10H18N4O2S. The molecule has 17 heavy (non-hydrogen) atoms. The smallest absolute Gasteiger partial charge is 0.301 e. The monoisotopic (exact) mass is 258 g/mol. The largest absolute Gasteiger partial charge is 0.330 e. The van der Waals surface area contributed by atoms with Crippen molar-refractivity contribution in [2.24, 2.45) is 5.73 Å². The van der Waals surface area contributed by atoms with E-state index in [1.54, 1.807) is 12.3 Å². The topological polar surface area (TPSA) is 88.3 Å². The van der Waals surface area contributed by atoms with Crippen molar-refractivity contribution >= 4 is 15.9 Å². The Kier molecular flexibility index (Phi) is 4.86. The average molecular weight is 258 g/mol. The molecule has 1 aromatic rings. The van der Waals surface area contributed by atoms with E-state index >= 15 is 0 Å². The van der Waals surface area contributed by atoms with Gasteiger partial charge in [-0.05, 0) is 31.5 Å². The van der Waals surface area contributed by atoms with Crippen LogP contribution >= 0.6 is 0 Å². The van der Waals surface area contributed by atoms with E-state index in [0.717, 1.165) is 5.56 Å². The van der Waals surface area contributed by atoms with E-state index in [1.807, 2.05) is 6.92 Å². The maximum Gasteiger partial charge on any atom is 0.301 e. The van der Waals surface area contributed by atoms with Gasteiger partial charge in [-0.3, -0.25) is 9.71 Å². The van der Waals surface area contributed by atoms with Crippen molar-refractivity contribution in [3.05, 3.63) is 24.0 Å². The number of rotatable bonds is 6. The molecule has 0 bridgehead atoms. The summed E-state index contributed by atoms with van der Waals surface area (Å²) in [6.07, 6.45) is 3.76. The molecule has 6 nitrogen and oxygen atoms in total. The van der Waals surface area contributed by atoms with Gasteiger partial charge in [-0.2, -0.15) is 12.7 Å². The lowest BCUT2D eigenvalue weighted by Crippen LogP contribution is -2.34. The molecule has 3 N–H and O–H groups in total. The molecule has 1 aromatic heterocycles. The Balaban J connectivity index is 2.72. The second kappa shape index (κ2) is 5.95. The number of nitrogens with zero attached hydrogens (tertiary/aromatic N) is 2. The van der Waals surface area contributed by atoms with Gasteiger partial charge in [0.25, 0.3) is 0 Å². The number of hydrogen-bond donors (Lipinski definition) is 2. The zero-order chi connectivity index (χ0) is 12.9. The van der Waals surface area contributed by atoms with Crippen LogP contribution in [0.3, 0.4) is 0 Å². The molecule has 0 fully saturated rings. The molecular weight excluding hydrogens is 240 g/mol. The van der Waals surface area contributed by atoms with Gasteiger partial charge in [0.2, 0.25) is 0 Å². The number of nitrogens with one attached hydrogen (secondary N) is 1. The summed E-state index contributed by atoms with van der Waals surface area (Å²) in [5, 5.41) is 0. The molecule has 0 atom stereocenters. The Labute approximate surface area is 102 Å². The first-order chi connectivity index (χ1) is 7.95. The van der Waals surface area contributed by atoms with Crippen LogP contribution in [0.1, 0.15) is 12.0 Å². The lowest BCUT2D eigenvalue weighted by Gasteiger charge is -2.17. The van der Waals surface area contributed by atoms with Crippen LogP contribution in [0.5, 0.6) is 0 Å². The molecule has 0 radical (unpaired) electrons. The number of hydrogen-bond acceptors (Lipinski definition) is 4. The van der Waals surface area contributed by atoms with Crippen molar-refractivity contribution in [1.82, 2.24) is 9.29 Å². The quantitative estimate of drug-likeness (QED) is 0.769. The van der Waals surface area contributed by atoms with Crippen LogP contribution in [-0.4, -0.2) is 37.8 Å². The molecule has 0 amide bonds. The van der Waals surface area contributed by atoms with Crippen molar-refractivity contribution in [1.29, 1.82) is 0 Å². The van der Waals surface area contributed by atoms with Crippen LogP contribution in [0.4, 0.5) is 5.69 Å². The Morgan fingerprint density at radius 3 is 2.76 bits per heavy atom. The highest BCUT2D eigenvalue weighted by Gasteiger charge is 2.16. The summed E-state index contributed by atoms with van der Waals surface area (Å²) in [6.45, 7) is 2.71. The first-order valence-electron chi connectivity index (χ1n) is 5.31. The maximum absolute atomic E-state index is 11.9. The van der Waals surface area contributed by atoms with E-state index in [-0.39, 0.29) is 0 Å². The van der Waals surface area contributed by atoms with Gasteiger partial charge in [0.15, 0.2) is 0 Å². The lowest BCUT2D eigenvalue weighted by atomic mass is 10.3. The van der Waals surface area contributed by atoms with Gasteiger partial charge in [-0.15, -0.1) is 0 Å². The van der Waals surface area contributed by atoms with Crippen LogP contribution in [0.15, 0.2) is 18.5 Å². The fourth-order valence-electron chi connectivity index (χ4n) is 1.27. The van der Waals surface area contributed by atoms with Crippen molar-refractivity contribution < 1.29 is 8.42 Å². The molecule has 0 unspecified atom stereocenters. The first kappa shape index (κ1) is 13.9. The van der Waals surface area contributed by atoms with Gasteiger partial charge in [-0.1, -0.05) is 0 Å². The zero-order valence-electron chi connectivity index (χ0n) is 10.0. The number of pyridine rings is 1. The molecule has 7 heteroatoms. The molecule has 0 spiro atoms. The molecule has 0 aliphatic rings. The highest BCUT2D eigenvalue weighted by atomic mass is 32.2. The van der Waals surface area contributed by atoms with E-state index in [0.29, 0.717) is 25.2 Å². The summed E-state index contributed by atoms with van der Waals surface area (Å²) >= 11 is 0. The molecule has 96 valence electrons. The second-order valence-electron chi connectivity index (χ2n) is 3.82. The standard InChI is InChI=1S/C10H18N4O2S/c1-9-6-10(8-12-7-9)13-17(15,16)14(2)5-3-4-11/h6-8,13H,3-5,11H2,1-2H3. The number of anilines is 1. The van der Waals surface area contributed by atoms with Crippen LogP contribution in [-0.2, 0) is 10.2 Å². The zero-order valence-corrected chi connectivity index (χ0v) is 10.9. The fraction of sp³-hybridized carbons (Fsp3) is 0.500. The summed E-state index contributed by atoms with van der Waals surface area (Å²) in [4.78, 5) is 3.92. The SMILES string of the molecule is Cc1cncc(NS(=O)(=O)N(C)CCCN)c1. The third kappa shape index (κ3) is 4.29. The molecule has 0 aromatic carbocycles.